The smallest absolute Gasteiger partial charge is 0.257 e. The Morgan fingerprint density at radius 1 is 1.23 bits per heavy atom. The number of imidazole rings is 1. The second kappa shape index (κ2) is 8.12. The van der Waals surface area contributed by atoms with Gasteiger partial charge in [0.25, 0.3) is 5.91 Å². The van der Waals surface area contributed by atoms with Gasteiger partial charge < -0.3 is 14.4 Å². The van der Waals surface area contributed by atoms with E-state index in [1.807, 2.05) is 42.0 Å². The molecular weight excluding hydrogens is 407 g/mol. The number of nitrogens with one attached hydrogen (secondary N) is 1. The highest BCUT2D eigenvalue weighted by Gasteiger charge is 2.26. The van der Waals surface area contributed by atoms with Crippen molar-refractivity contribution >= 4 is 17.5 Å². The van der Waals surface area contributed by atoms with Crippen molar-refractivity contribution in [2.24, 2.45) is 0 Å². The van der Waals surface area contributed by atoms with E-state index >= 15 is 0 Å². The number of carbonyl (C=O) groups is 1. The molecule has 1 N–H and O–H groups in total. The van der Waals surface area contributed by atoms with Gasteiger partial charge in [0.2, 0.25) is 0 Å². The predicted molar refractivity (Wildman–Crippen MR) is 111 cm³/mol. The lowest BCUT2D eigenvalue weighted by Crippen LogP contribution is -2.27. The van der Waals surface area contributed by atoms with Crippen LogP contribution in [0.15, 0.2) is 65.7 Å². The summed E-state index contributed by atoms with van der Waals surface area (Å²) < 4.78 is 21.4. The summed E-state index contributed by atoms with van der Waals surface area (Å²) >= 11 is 6.15. The Balaban J connectivity index is 1.58. The van der Waals surface area contributed by atoms with Crippen LogP contribution in [0.3, 0.4) is 0 Å². The molecule has 0 spiro atoms. The third-order valence-electron chi connectivity index (χ3n) is 4.83. The van der Waals surface area contributed by atoms with Crippen LogP contribution >= 0.6 is 11.6 Å². The number of hydrogen-bond donors (Lipinski definition) is 1. The van der Waals surface area contributed by atoms with Gasteiger partial charge in [-0.1, -0.05) is 35.0 Å². The summed E-state index contributed by atoms with van der Waals surface area (Å²) in [6.45, 7) is 3.47. The molecule has 1 atom stereocenters. The van der Waals surface area contributed by atoms with E-state index in [0.717, 1.165) is 11.3 Å². The fourth-order valence-electron chi connectivity index (χ4n) is 3.23. The van der Waals surface area contributed by atoms with Gasteiger partial charge in [-0.05, 0) is 43.7 Å². The molecule has 30 heavy (non-hydrogen) atoms. The van der Waals surface area contributed by atoms with Gasteiger partial charge >= 0.3 is 0 Å². The van der Waals surface area contributed by atoms with Crippen molar-refractivity contribution in [2.75, 3.05) is 0 Å². The van der Waals surface area contributed by atoms with E-state index in [-0.39, 0.29) is 33.6 Å². The van der Waals surface area contributed by atoms with Crippen molar-refractivity contribution < 1.29 is 13.7 Å². The Labute approximate surface area is 177 Å². The van der Waals surface area contributed by atoms with Crippen LogP contribution in [0.4, 0.5) is 4.39 Å². The molecule has 2 heterocycles. The Hall–Kier alpha value is -3.45. The van der Waals surface area contributed by atoms with Crippen LogP contribution in [-0.4, -0.2) is 20.6 Å². The number of benzene rings is 2. The van der Waals surface area contributed by atoms with Gasteiger partial charge in [0.05, 0.1) is 23.0 Å². The zero-order valence-electron chi connectivity index (χ0n) is 16.3. The highest BCUT2D eigenvalue weighted by molar-refractivity contribution is 6.33. The Bertz CT molecular complexity index is 1170. The molecule has 0 aliphatic rings. The summed E-state index contributed by atoms with van der Waals surface area (Å²) in [6, 6.07) is 11.7. The minimum absolute atomic E-state index is 0.0403. The summed E-state index contributed by atoms with van der Waals surface area (Å²) in [4.78, 5) is 17.0. The first kappa shape index (κ1) is 19.8. The van der Waals surface area contributed by atoms with Gasteiger partial charge in [0, 0.05) is 18.1 Å². The zero-order chi connectivity index (χ0) is 21.3. The summed E-state index contributed by atoms with van der Waals surface area (Å²) in [6.07, 6.45) is 5.27. The molecule has 2 aromatic heterocycles. The molecule has 6 nitrogen and oxygen atoms in total. The third kappa shape index (κ3) is 3.71. The molecule has 152 valence electrons. The monoisotopic (exact) mass is 424 g/mol. The van der Waals surface area contributed by atoms with Crippen LogP contribution in [0.1, 0.15) is 34.6 Å². The second-order valence-corrected chi connectivity index (χ2v) is 7.22. The lowest BCUT2D eigenvalue weighted by molar-refractivity contribution is 0.0939. The molecule has 4 aromatic rings. The Kier molecular flexibility index (Phi) is 5.37. The molecule has 2 aromatic carbocycles. The van der Waals surface area contributed by atoms with Crippen LogP contribution in [-0.2, 0) is 0 Å². The topological polar surface area (TPSA) is 73.0 Å². The highest BCUT2D eigenvalue weighted by Crippen LogP contribution is 2.33. The van der Waals surface area contributed by atoms with E-state index in [1.54, 1.807) is 19.4 Å². The number of aromatic nitrogens is 3. The van der Waals surface area contributed by atoms with Crippen LogP contribution < -0.4 is 5.32 Å². The van der Waals surface area contributed by atoms with Gasteiger partial charge in [-0.3, -0.25) is 4.79 Å². The molecule has 0 fully saturated rings. The van der Waals surface area contributed by atoms with E-state index in [1.165, 1.54) is 18.2 Å². The quantitative estimate of drug-likeness (QED) is 0.482. The minimum atomic E-state index is -0.576. The molecule has 0 radical (unpaired) electrons. The summed E-state index contributed by atoms with van der Waals surface area (Å²) in [5.41, 5.74) is 2.14. The molecule has 0 aliphatic carbocycles. The number of rotatable bonds is 5. The largest absolute Gasteiger partial charge is 0.360 e. The molecule has 4 rings (SSSR count). The summed E-state index contributed by atoms with van der Waals surface area (Å²) in [5.74, 6) is -0.716. The van der Waals surface area contributed by atoms with E-state index < -0.39 is 11.7 Å². The number of nitrogens with zero attached hydrogens (tertiary/aromatic N) is 3. The fraction of sp³-hybridized carbons (Fsp3) is 0.136. The van der Waals surface area contributed by atoms with Gasteiger partial charge in [0.1, 0.15) is 22.8 Å². The maximum atomic E-state index is 14.4. The normalized spacial score (nSPS) is 12.0. The SMILES string of the molecule is Cc1onc(-c2c(F)cccc2Cl)c1C(=O)N[C@@H](C)c1ccc(-n2ccnc2)cc1. The molecule has 0 saturated heterocycles. The van der Waals surface area contributed by atoms with E-state index in [4.69, 9.17) is 16.1 Å². The molecule has 8 heteroatoms. The Morgan fingerprint density at radius 2 is 2.00 bits per heavy atom. The number of halogens is 2. The number of hydrogen-bond acceptors (Lipinski definition) is 4. The first-order chi connectivity index (χ1) is 14.5. The zero-order valence-corrected chi connectivity index (χ0v) is 17.0. The third-order valence-corrected chi connectivity index (χ3v) is 5.15. The standard InChI is InChI=1S/C22H18ClFN4O2/c1-13(15-6-8-16(9-7-15)28-11-10-25-12-28)26-22(29)19-14(2)30-27-21(19)20-17(23)4-3-5-18(20)24/h3-13H,1-2H3,(H,26,29)/t13-/m0/s1. The van der Waals surface area contributed by atoms with Crippen LogP contribution in [0, 0.1) is 12.7 Å². The van der Waals surface area contributed by atoms with Gasteiger partial charge in [-0.25, -0.2) is 9.37 Å². The lowest BCUT2D eigenvalue weighted by Gasteiger charge is -2.15. The molecule has 0 unspecified atom stereocenters. The molecule has 1 amide bonds. The maximum Gasteiger partial charge on any atom is 0.257 e. The highest BCUT2D eigenvalue weighted by atomic mass is 35.5. The molecule has 0 saturated carbocycles. The number of aryl methyl sites for hydroxylation is 1. The van der Waals surface area contributed by atoms with Crippen molar-refractivity contribution in [3.05, 3.63) is 88.9 Å². The summed E-state index contributed by atoms with van der Waals surface area (Å²) in [5, 5.41) is 6.95. The van der Waals surface area contributed by atoms with Gasteiger partial charge in [0.15, 0.2) is 0 Å². The summed E-state index contributed by atoms with van der Waals surface area (Å²) in [7, 11) is 0. The maximum absolute atomic E-state index is 14.4. The second-order valence-electron chi connectivity index (χ2n) is 6.82. The van der Waals surface area contributed by atoms with Crippen molar-refractivity contribution in [1.29, 1.82) is 0 Å². The average Bonchev–Trinajstić information content (AvgIpc) is 3.38. The fourth-order valence-corrected chi connectivity index (χ4v) is 3.49. The van der Waals surface area contributed by atoms with Crippen molar-refractivity contribution in [3.8, 4) is 16.9 Å². The number of amides is 1. The molecular formula is C22H18ClFN4O2. The van der Waals surface area contributed by atoms with Crippen molar-refractivity contribution in [2.45, 2.75) is 19.9 Å². The van der Waals surface area contributed by atoms with Gasteiger partial charge in [-0.2, -0.15) is 0 Å². The predicted octanol–water partition coefficient (Wildman–Crippen LogP) is 5.12. The first-order valence-electron chi connectivity index (χ1n) is 9.25. The van der Waals surface area contributed by atoms with E-state index in [2.05, 4.69) is 15.5 Å². The van der Waals surface area contributed by atoms with E-state index in [0.29, 0.717) is 0 Å². The molecule has 0 aliphatic heterocycles. The van der Waals surface area contributed by atoms with Crippen LogP contribution in [0.2, 0.25) is 5.02 Å². The van der Waals surface area contributed by atoms with Crippen molar-refractivity contribution in [3.63, 3.8) is 0 Å². The molecule has 0 bridgehead atoms. The lowest BCUT2D eigenvalue weighted by atomic mass is 10.0. The minimum Gasteiger partial charge on any atom is -0.360 e. The Morgan fingerprint density at radius 3 is 2.67 bits per heavy atom. The number of carbonyl (C=O) groups excluding carboxylic acids is 1. The van der Waals surface area contributed by atoms with Crippen LogP contribution in [0.5, 0.6) is 0 Å². The van der Waals surface area contributed by atoms with Crippen molar-refractivity contribution in [1.82, 2.24) is 20.0 Å². The first-order valence-corrected chi connectivity index (χ1v) is 9.63. The van der Waals surface area contributed by atoms with Gasteiger partial charge in [-0.15, -0.1) is 0 Å². The van der Waals surface area contributed by atoms with E-state index in [9.17, 15) is 9.18 Å². The van der Waals surface area contributed by atoms with Crippen LogP contribution in [0.25, 0.3) is 16.9 Å². The average molecular weight is 425 g/mol.